The third-order valence-corrected chi connectivity index (χ3v) is 2.71. The van der Waals surface area contributed by atoms with Crippen molar-refractivity contribution in [2.24, 2.45) is 0 Å². The van der Waals surface area contributed by atoms with E-state index in [9.17, 15) is 4.79 Å². The van der Waals surface area contributed by atoms with Gasteiger partial charge < -0.3 is 10.4 Å². The Bertz CT molecular complexity index is 570. The SMILES string of the molecule is CC(CCO)NC(=O)c1nc2ncc(Br)cn2n1. The number of hydrogen-bond donors (Lipinski definition) is 2. The first-order chi connectivity index (χ1) is 8.60. The summed E-state index contributed by atoms with van der Waals surface area (Å²) in [7, 11) is 0. The van der Waals surface area contributed by atoms with Gasteiger partial charge in [0.2, 0.25) is 5.82 Å². The van der Waals surface area contributed by atoms with Gasteiger partial charge in [-0.3, -0.25) is 4.79 Å². The van der Waals surface area contributed by atoms with Crippen molar-refractivity contribution in [1.82, 2.24) is 24.9 Å². The van der Waals surface area contributed by atoms with E-state index in [-0.39, 0.29) is 24.4 Å². The molecule has 1 unspecified atom stereocenters. The minimum Gasteiger partial charge on any atom is -0.396 e. The van der Waals surface area contributed by atoms with E-state index in [0.717, 1.165) is 4.47 Å². The molecule has 1 atom stereocenters. The Hall–Kier alpha value is -1.54. The highest BCUT2D eigenvalue weighted by Gasteiger charge is 2.15. The molecule has 0 spiro atoms. The van der Waals surface area contributed by atoms with Crippen molar-refractivity contribution in [3.63, 3.8) is 0 Å². The lowest BCUT2D eigenvalue weighted by Gasteiger charge is -2.09. The third-order valence-electron chi connectivity index (χ3n) is 2.30. The van der Waals surface area contributed by atoms with E-state index >= 15 is 0 Å². The number of carbonyl (C=O) groups is 1. The van der Waals surface area contributed by atoms with Crippen molar-refractivity contribution >= 4 is 27.6 Å². The van der Waals surface area contributed by atoms with E-state index in [1.807, 2.05) is 0 Å². The van der Waals surface area contributed by atoms with Gasteiger partial charge in [0.25, 0.3) is 11.7 Å². The van der Waals surface area contributed by atoms with Crippen LogP contribution >= 0.6 is 15.9 Å². The molecule has 0 saturated heterocycles. The minimum atomic E-state index is -0.377. The molecule has 0 aliphatic rings. The number of amides is 1. The fraction of sp³-hybridized carbons (Fsp3) is 0.400. The molecule has 1 amide bonds. The quantitative estimate of drug-likeness (QED) is 0.851. The molecular formula is C10H12BrN5O2. The van der Waals surface area contributed by atoms with Gasteiger partial charge in [-0.25, -0.2) is 9.50 Å². The number of carbonyl (C=O) groups excluding carboxylic acids is 1. The van der Waals surface area contributed by atoms with Gasteiger partial charge in [0.05, 0.1) is 4.47 Å². The molecule has 0 bridgehead atoms. The van der Waals surface area contributed by atoms with Crippen LogP contribution in [0.4, 0.5) is 0 Å². The van der Waals surface area contributed by atoms with Crippen molar-refractivity contribution in [2.75, 3.05) is 6.61 Å². The molecule has 2 heterocycles. The van der Waals surface area contributed by atoms with Gasteiger partial charge in [-0.1, -0.05) is 0 Å². The maximum Gasteiger partial charge on any atom is 0.291 e. The predicted molar refractivity (Wildman–Crippen MR) is 67.1 cm³/mol. The monoisotopic (exact) mass is 313 g/mol. The molecule has 18 heavy (non-hydrogen) atoms. The highest BCUT2D eigenvalue weighted by atomic mass is 79.9. The Morgan fingerprint density at radius 3 is 3.17 bits per heavy atom. The molecule has 96 valence electrons. The number of hydrogen-bond acceptors (Lipinski definition) is 5. The Labute approximate surface area is 111 Å². The average molecular weight is 314 g/mol. The molecule has 8 heteroatoms. The number of nitrogens with zero attached hydrogens (tertiary/aromatic N) is 4. The van der Waals surface area contributed by atoms with Crippen LogP contribution in [0.3, 0.4) is 0 Å². The molecule has 0 aromatic carbocycles. The Balaban J connectivity index is 2.18. The summed E-state index contributed by atoms with van der Waals surface area (Å²) in [5, 5.41) is 15.5. The van der Waals surface area contributed by atoms with E-state index in [4.69, 9.17) is 5.11 Å². The van der Waals surface area contributed by atoms with E-state index < -0.39 is 0 Å². The summed E-state index contributed by atoms with van der Waals surface area (Å²) in [5.74, 6) is 0.0427. The third kappa shape index (κ3) is 2.82. The van der Waals surface area contributed by atoms with Crippen LogP contribution in [0, 0.1) is 0 Å². The molecule has 0 aliphatic carbocycles. The standard InChI is InChI=1S/C10H12BrN5O2/c1-6(2-3-17)13-9(18)8-14-10-12-4-7(11)5-16(10)15-8/h4-6,17H,2-3H2,1H3,(H,13,18). The first-order valence-corrected chi connectivity index (χ1v) is 6.19. The van der Waals surface area contributed by atoms with Crippen molar-refractivity contribution in [3.05, 3.63) is 22.7 Å². The number of aromatic nitrogens is 4. The molecular weight excluding hydrogens is 302 g/mol. The molecule has 0 saturated carbocycles. The van der Waals surface area contributed by atoms with Gasteiger partial charge in [0, 0.05) is 25.0 Å². The Kier molecular flexibility index (Phi) is 3.87. The molecule has 7 nitrogen and oxygen atoms in total. The lowest BCUT2D eigenvalue weighted by molar-refractivity contribution is 0.0924. The van der Waals surface area contributed by atoms with Gasteiger partial charge in [-0.05, 0) is 29.3 Å². The lowest BCUT2D eigenvalue weighted by atomic mass is 10.2. The molecule has 0 aliphatic heterocycles. The first-order valence-electron chi connectivity index (χ1n) is 5.40. The van der Waals surface area contributed by atoms with Gasteiger partial charge in [-0.15, -0.1) is 5.10 Å². The zero-order valence-corrected chi connectivity index (χ0v) is 11.3. The van der Waals surface area contributed by atoms with Crippen LogP contribution in [-0.2, 0) is 0 Å². The second kappa shape index (κ2) is 5.40. The zero-order valence-electron chi connectivity index (χ0n) is 9.67. The summed E-state index contributed by atoms with van der Waals surface area (Å²) < 4.78 is 2.18. The molecule has 2 aromatic rings. The van der Waals surface area contributed by atoms with Crippen molar-refractivity contribution < 1.29 is 9.90 Å². The molecule has 2 rings (SSSR count). The fourth-order valence-electron chi connectivity index (χ4n) is 1.41. The second-order valence-electron chi connectivity index (χ2n) is 3.84. The fourth-order valence-corrected chi connectivity index (χ4v) is 1.71. The Morgan fingerprint density at radius 1 is 1.67 bits per heavy atom. The highest BCUT2D eigenvalue weighted by Crippen LogP contribution is 2.07. The number of aliphatic hydroxyl groups excluding tert-OH is 1. The molecule has 2 N–H and O–H groups in total. The van der Waals surface area contributed by atoms with Crippen LogP contribution in [-0.4, -0.2) is 43.2 Å². The Morgan fingerprint density at radius 2 is 2.44 bits per heavy atom. The molecule has 2 aromatic heterocycles. The number of aliphatic hydroxyl groups is 1. The van der Waals surface area contributed by atoms with Crippen molar-refractivity contribution in [3.8, 4) is 0 Å². The van der Waals surface area contributed by atoms with Crippen LogP contribution in [0.5, 0.6) is 0 Å². The number of halogens is 1. The average Bonchev–Trinajstić information content (AvgIpc) is 2.72. The summed E-state index contributed by atoms with van der Waals surface area (Å²) >= 11 is 3.26. The van der Waals surface area contributed by atoms with Gasteiger partial charge in [0.1, 0.15) is 0 Å². The summed E-state index contributed by atoms with van der Waals surface area (Å²) in [4.78, 5) is 19.8. The van der Waals surface area contributed by atoms with Crippen LogP contribution in [0.25, 0.3) is 5.78 Å². The van der Waals surface area contributed by atoms with Crippen LogP contribution in [0.1, 0.15) is 24.0 Å². The van der Waals surface area contributed by atoms with Gasteiger partial charge in [-0.2, -0.15) is 4.98 Å². The smallest absolute Gasteiger partial charge is 0.291 e. The van der Waals surface area contributed by atoms with Gasteiger partial charge >= 0.3 is 0 Å². The number of nitrogens with one attached hydrogen (secondary N) is 1. The normalized spacial score (nSPS) is 12.6. The minimum absolute atomic E-state index is 0.0224. The second-order valence-corrected chi connectivity index (χ2v) is 4.75. The van der Waals surface area contributed by atoms with E-state index in [1.54, 1.807) is 19.3 Å². The highest BCUT2D eigenvalue weighted by molar-refractivity contribution is 9.10. The summed E-state index contributed by atoms with van der Waals surface area (Å²) in [6.07, 6.45) is 3.74. The van der Waals surface area contributed by atoms with Crippen molar-refractivity contribution in [2.45, 2.75) is 19.4 Å². The largest absolute Gasteiger partial charge is 0.396 e. The van der Waals surface area contributed by atoms with Crippen LogP contribution in [0.15, 0.2) is 16.9 Å². The van der Waals surface area contributed by atoms with Gasteiger partial charge in [0.15, 0.2) is 0 Å². The summed E-state index contributed by atoms with van der Waals surface area (Å²) in [5.41, 5.74) is 0. The molecule has 0 radical (unpaired) electrons. The zero-order chi connectivity index (χ0) is 13.1. The first kappa shape index (κ1) is 12.9. The summed E-state index contributed by atoms with van der Waals surface area (Å²) in [6.45, 7) is 1.83. The molecule has 0 fully saturated rings. The summed E-state index contributed by atoms with van der Waals surface area (Å²) in [6, 6.07) is -0.131. The van der Waals surface area contributed by atoms with Crippen LogP contribution in [0.2, 0.25) is 0 Å². The van der Waals surface area contributed by atoms with Crippen LogP contribution < -0.4 is 5.32 Å². The lowest BCUT2D eigenvalue weighted by Crippen LogP contribution is -2.33. The van der Waals surface area contributed by atoms with Crippen molar-refractivity contribution in [1.29, 1.82) is 0 Å². The van der Waals surface area contributed by atoms with E-state index in [1.165, 1.54) is 4.52 Å². The number of fused-ring (bicyclic) bond motifs is 1. The van der Waals surface area contributed by atoms with E-state index in [2.05, 4.69) is 36.3 Å². The maximum absolute atomic E-state index is 11.8. The topological polar surface area (TPSA) is 92.4 Å². The predicted octanol–water partition coefficient (Wildman–Crippen LogP) is 0.387. The number of rotatable bonds is 4. The van der Waals surface area contributed by atoms with E-state index in [0.29, 0.717) is 12.2 Å². The maximum atomic E-state index is 11.8.